The molecule has 2 rings (SSSR count). The Hall–Kier alpha value is -3.10. The number of amides is 3. The highest BCUT2D eigenvalue weighted by atomic mass is 16.3. The average molecular weight is 319 g/mol. The Kier molecular flexibility index (Phi) is 5.13. The molecule has 0 saturated heterocycles. The van der Waals surface area contributed by atoms with Gasteiger partial charge in [0.15, 0.2) is 11.5 Å². The van der Waals surface area contributed by atoms with Gasteiger partial charge in [0.05, 0.1) is 12.8 Å². The molecule has 3 N–H and O–H groups in total. The van der Waals surface area contributed by atoms with E-state index in [0.717, 1.165) is 0 Å². The summed E-state index contributed by atoms with van der Waals surface area (Å²) >= 11 is 0. The molecule has 2 aromatic heterocycles. The van der Waals surface area contributed by atoms with Crippen LogP contribution >= 0.6 is 0 Å². The second-order valence-corrected chi connectivity index (χ2v) is 4.61. The second kappa shape index (κ2) is 7.25. The molecule has 2 aromatic rings. The summed E-state index contributed by atoms with van der Waals surface area (Å²) in [6.07, 6.45) is 1.39. The lowest BCUT2D eigenvalue weighted by molar-refractivity contribution is -0.120. The highest BCUT2D eigenvalue weighted by Crippen LogP contribution is 2.11. The minimum atomic E-state index is -0.509. The van der Waals surface area contributed by atoms with Crippen molar-refractivity contribution in [3.8, 4) is 0 Å². The van der Waals surface area contributed by atoms with Gasteiger partial charge in [-0.3, -0.25) is 19.1 Å². The molecule has 23 heavy (non-hydrogen) atoms. The van der Waals surface area contributed by atoms with Crippen molar-refractivity contribution in [2.45, 2.75) is 6.92 Å². The fourth-order valence-corrected chi connectivity index (χ4v) is 1.79. The molecule has 122 valence electrons. The van der Waals surface area contributed by atoms with E-state index in [0.29, 0.717) is 12.4 Å². The van der Waals surface area contributed by atoms with Gasteiger partial charge in [0.2, 0.25) is 5.91 Å². The van der Waals surface area contributed by atoms with Gasteiger partial charge in [-0.1, -0.05) is 0 Å². The zero-order valence-corrected chi connectivity index (χ0v) is 12.8. The molecule has 0 aliphatic carbocycles. The number of rotatable bonds is 6. The summed E-state index contributed by atoms with van der Waals surface area (Å²) in [6.45, 7) is 2.13. The number of carbonyl (C=O) groups excluding carboxylic acids is 3. The van der Waals surface area contributed by atoms with Crippen LogP contribution < -0.4 is 16.0 Å². The van der Waals surface area contributed by atoms with Crippen LogP contribution in [-0.2, 0) is 11.8 Å². The van der Waals surface area contributed by atoms with Gasteiger partial charge in [-0.15, -0.1) is 0 Å². The van der Waals surface area contributed by atoms with Gasteiger partial charge < -0.3 is 20.4 Å². The Morgan fingerprint density at radius 3 is 2.70 bits per heavy atom. The van der Waals surface area contributed by atoms with Crippen molar-refractivity contribution in [2.24, 2.45) is 7.05 Å². The molecule has 0 radical (unpaired) electrons. The number of nitrogens with zero attached hydrogens (tertiary/aromatic N) is 2. The summed E-state index contributed by atoms with van der Waals surface area (Å²) in [5.41, 5.74) is 0.0894. The lowest BCUT2D eigenvalue weighted by Gasteiger charge is -2.02. The number of aromatic nitrogens is 2. The topological polar surface area (TPSA) is 118 Å². The highest BCUT2D eigenvalue weighted by Gasteiger charge is 2.16. The number of aryl methyl sites for hydroxylation is 1. The van der Waals surface area contributed by atoms with Crippen LogP contribution in [0.2, 0.25) is 0 Å². The van der Waals surface area contributed by atoms with Gasteiger partial charge >= 0.3 is 0 Å². The maximum Gasteiger partial charge on any atom is 0.292 e. The molecule has 0 aromatic carbocycles. The third-order valence-electron chi connectivity index (χ3n) is 2.88. The molecule has 0 saturated carbocycles. The van der Waals surface area contributed by atoms with Gasteiger partial charge in [-0.05, 0) is 19.1 Å². The lowest BCUT2D eigenvalue weighted by Crippen LogP contribution is -2.36. The van der Waals surface area contributed by atoms with Crippen LogP contribution in [0, 0.1) is 0 Å². The molecule has 0 aliphatic heterocycles. The van der Waals surface area contributed by atoms with E-state index < -0.39 is 11.8 Å². The summed E-state index contributed by atoms with van der Waals surface area (Å²) in [5.74, 6) is -0.774. The number of nitrogens with one attached hydrogen (secondary N) is 3. The van der Waals surface area contributed by atoms with Crippen molar-refractivity contribution >= 4 is 23.5 Å². The monoisotopic (exact) mass is 319 g/mol. The number of carbonyl (C=O) groups is 3. The fourth-order valence-electron chi connectivity index (χ4n) is 1.79. The normalized spacial score (nSPS) is 10.2. The van der Waals surface area contributed by atoms with Gasteiger partial charge in [0.1, 0.15) is 5.82 Å². The molecule has 0 spiro atoms. The first-order valence-electron chi connectivity index (χ1n) is 6.95. The molecule has 0 unspecified atom stereocenters. The number of likely N-dealkylation sites (N-methyl/N-ethyl adjacent to an activating group) is 1. The standard InChI is InChI=1S/C14H17N5O4/c1-3-15-12(20)8-16-13(21)9-7-11(19(2)18-9)17-14(22)10-5-4-6-23-10/h4-7H,3,8H2,1-2H3,(H,15,20)(H,16,21)(H,17,22). The Morgan fingerprint density at radius 2 is 2.04 bits per heavy atom. The largest absolute Gasteiger partial charge is 0.459 e. The van der Waals surface area contributed by atoms with E-state index in [1.165, 1.54) is 23.1 Å². The third kappa shape index (κ3) is 4.19. The minimum Gasteiger partial charge on any atom is -0.459 e. The predicted molar refractivity (Wildman–Crippen MR) is 80.9 cm³/mol. The van der Waals surface area contributed by atoms with Gasteiger partial charge in [-0.25, -0.2) is 0 Å². The summed E-state index contributed by atoms with van der Waals surface area (Å²) < 4.78 is 6.33. The zero-order valence-electron chi connectivity index (χ0n) is 12.8. The molecular formula is C14H17N5O4. The van der Waals surface area contributed by atoms with Gasteiger partial charge in [-0.2, -0.15) is 5.10 Å². The molecule has 0 aliphatic rings. The van der Waals surface area contributed by atoms with Crippen molar-refractivity contribution < 1.29 is 18.8 Å². The molecule has 9 nitrogen and oxygen atoms in total. The van der Waals surface area contributed by atoms with E-state index in [1.807, 2.05) is 0 Å². The van der Waals surface area contributed by atoms with Crippen molar-refractivity contribution in [3.63, 3.8) is 0 Å². The number of anilines is 1. The first-order chi connectivity index (χ1) is 11.0. The van der Waals surface area contributed by atoms with Crippen molar-refractivity contribution in [3.05, 3.63) is 35.9 Å². The Balaban J connectivity index is 1.98. The van der Waals surface area contributed by atoms with E-state index in [9.17, 15) is 14.4 Å². The summed E-state index contributed by atoms with van der Waals surface area (Å²) in [5, 5.41) is 11.6. The zero-order chi connectivity index (χ0) is 16.8. The van der Waals surface area contributed by atoms with Crippen molar-refractivity contribution in [1.82, 2.24) is 20.4 Å². The van der Waals surface area contributed by atoms with E-state index in [2.05, 4.69) is 21.0 Å². The first kappa shape index (κ1) is 16.3. The molecule has 9 heteroatoms. The van der Waals surface area contributed by atoms with E-state index in [1.54, 1.807) is 20.0 Å². The Labute approximate surface area is 132 Å². The van der Waals surface area contributed by atoms with Crippen LogP contribution in [0.5, 0.6) is 0 Å². The number of hydrogen-bond donors (Lipinski definition) is 3. The maximum absolute atomic E-state index is 11.9. The van der Waals surface area contributed by atoms with Crippen LogP contribution in [0.3, 0.4) is 0 Å². The second-order valence-electron chi connectivity index (χ2n) is 4.61. The predicted octanol–water partition coefficient (Wildman–Crippen LogP) is 0.131. The average Bonchev–Trinajstić information content (AvgIpc) is 3.16. The van der Waals surface area contributed by atoms with E-state index in [4.69, 9.17) is 4.42 Å². The first-order valence-corrected chi connectivity index (χ1v) is 6.95. The highest BCUT2D eigenvalue weighted by molar-refractivity contribution is 6.02. The summed E-state index contributed by atoms with van der Waals surface area (Å²) in [4.78, 5) is 35.1. The molecular weight excluding hydrogens is 302 g/mol. The van der Waals surface area contributed by atoms with Crippen molar-refractivity contribution in [1.29, 1.82) is 0 Å². The van der Waals surface area contributed by atoms with Gasteiger partial charge in [0, 0.05) is 19.7 Å². The molecule has 0 atom stereocenters. The van der Waals surface area contributed by atoms with Crippen LogP contribution in [-0.4, -0.2) is 40.6 Å². The van der Waals surface area contributed by atoms with Crippen LogP contribution in [0.15, 0.2) is 28.9 Å². The quantitative estimate of drug-likeness (QED) is 0.699. The van der Waals surface area contributed by atoms with E-state index in [-0.39, 0.29) is 23.9 Å². The van der Waals surface area contributed by atoms with E-state index >= 15 is 0 Å². The van der Waals surface area contributed by atoms with Crippen LogP contribution in [0.25, 0.3) is 0 Å². The number of furan rings is 1. The summed E-state index contributed by atoms with van der Waals surface area (Å²) in [6, 6.07) is 4.53. The van der Waals surface area contributed by atoms with Gasteiger partial charge in [0.25, 0.3) is 11.8 Å². The fraction of sp³-hybridized carbons (Fsp3) is 0.286. The lowest BCUT2D eigenvalue weighted by atomic mass is 10.3. The molecule has 0 fully saturated rings. The smallest absolute Gasteiger partial charge is 0.292 e. The van der Waals surface area contributed by atoms with Crippen LogP contribution in [0.4, 0.5) is 5.82 Å². The molecule has 0 bridgehead atoms. The maximum atomic E-state index is 11.9. The third-order valence-corrected chi connectivity index (χ3v) is 2.88. The Bertz CT molecular complexity index is 705. The number of hydrogen-bond acceptors (Lipinski definition) is 5. The summed E-state index contributed by atoms with van der Waals surface area (Å²) in [7, 11) is 1.58. The SMILES string of the molecule is CCNC(=O)CNC(=O)c1cc(NC(=O)c2ccco2)n(C)n1. The van der Waals surface area contributed by atoms with Crippen LogP contribution in [0.1, 0.15) is 28.0 Å². The Morgan fingerprint density at radius 1 is 1.26 bits per heavy atom. The molecule has 2 heterocycles. The molecule has 3 amide bonds. The van der Waals surface area contributed by atoms with Crippen molar-refractivity contribution in [2.75, 3.05) is 18.4 Å². The minimum absolute atomic E-state index is 0.0894.